The van der Waals surface area contributed by atoms with E-state index in [2.05, 4.69) is 53.5 Å². The second-order valence-electron chi connectivity index (χ2n) is 6.82. The summed E-state index contributed by atoms with van der Waals surface area (Å²) in [6.07, 6.45) is 6.46. The molecule has 0 bridgehead atoms. The van der Waals surface area contributed by atoms with Crippen LogP contribution in [0.3, 0.4) is 0 Å². The zero-order valence-corrected chi connectivity index (χ0v) is 13.8. The van der Waals surface area contributed by atoms with Gasteiger partial charge in [0.05, 0.1) is 6.04 Å². The average molecular weight is 312 g/mol. The van der Waals surface area contributed by atoms with Gasteiger partial charge in [0.25, 0.3) is 0 Å². The summed E-state index contributed by atoms with van der Waals surface area (Å²) >= 11 is 0. The topological polar surface area (TPSA) is 59.8 Å². The molecule has 1 saturated carbocycles. The molecule has 0 spiro atoms. The summed E-state index contributed by atoms with van der Waals surface area (Å²) in [6, 6.07) is 8.81. The molecule has 1 N–H and O–H groups in total. The second-order valence-corrected chi connectivity index (χ2v) is 6.82. The van der Waals surface area contributed by atoms with Crippen LogP contribution < -0.4 is 5.32 Å². The lowest BCUT2D eigenvalue weighted by molar-refractivity contribution is -0.122. The number of carbonyl (C=O) groups excluding carboxylic acids is 1. The number of amides is 1. The van der Waals surface area contributed by atoms with E-state index in [9.17, 15) is 4.79 Å². The molecule has 1 fully saturated rings. The Morgan fingerprint density at radius 3 is 2.61 bits per heavy atom. The van der Waals surface area contributed by atoms with Gasteiger partial charge in [-0.25, -0.2) is 9.67 Å². The van der Waals surface area contributed by atoms with Gasteiger partial charge >= 0.3 is 0 Å². The fourth-order valence-corrected chi connectivity index (χ4v) is 2.92. The summed E-state index contributed by atoms with van der Waals surface area (Å²) in [5.41, 5.74) is 2.55. The van der Waals surface area contributed by atoms with Crippen LogP contribution in [0.25, 0.3) is 0 Å². The first-order valence-electron chi connectivity index (χ1n) is 8.32. The van der Waals surface area contributed by atoms with E-state index in [-0.39, 0.29) is 18.5 Å². The van der Waals surface area contributed by atoms with Crippen molar-refractivity contribution in [3.05, 3.63) is 48.0 Å². The van der Waals surface area contributed by atoms with Gasteiger partial charge in [-0.2, -0.15) is 5.10 Å². The van der Waals surface area contributed by atoms with E-state index in [1.807, 2.05) is 0 Å². The molecule has 0 radical (unpaired) electrons. The summed E-state index contributed by atoms with van der Waals surface area (Å²) in [7, 11) is 0. The highest BCUT2D eigenvalue weighted by atomic mass is 16.2. The fraction of sp³-hybridized carbons (Fsp3) is 0.500. The van der Waals surface area contributed by atoms with Crippen LogP contribution in [0.2, 0.25) is 0 Å². The van der Waals surface area contributed by atoms with Gasteiger partial charge in [0.1, 0.15) is 19.2 Å². The van der Waals surface area contributed by atoms with E-state index in [4.69, 9.17) is 0 Å². The third-order valence-electron chi connectivity index (χ3n) is 4.16. The molecule has 1 aliphatic rings. The van der Waals surface area contributed by atoms with Gasteiger partial charge in [0.15, 0.2) is 0 Å². The molecule has 23 heavy (non-hydrogen) atoms. The molecular weight excluding hydrogens is 288 g/mol. The molecular formula is C18H24N4O. The van der Waals surface area contributed by atoms with Crippen molar-refractivity contribution in [2.24, 2.45) is 11.8 Å². The Morgan fingerprint density at radius 1 is 1.30 bits per heavy atom. The Kier molecular flexibility index (Phi) is 4.74. The molecule has 1 aliphatic carbocycles. The molecule has 1 aromatic carbocycles. The van der Waals surface area contributed by atoms with Crippen molar-refractivity contribution in [2.75, 3.05) is 0 Å². The minimum atomic E-state index is -0.0151. The van der Waals surface area contributed by atoms with Gasteiger partial charge in [-0.15, -0.1) is 0 Å². The quantitative estimate of drug-likeness (QED) is 0.855. The van der Waals surface area contributed by atoms with Crippen LogP contribution in [0.1, 0.15) is 43.9 Å². The van der Waals surface area contributed by atoms with E-state index in [1.165, 1.54) is 30.3 Å². The van der Waals surface area contributed by atoms with Crippen molar-refractivity contribution in [1.29, 1.82) is 0 Å². The zero-order chi connectivity index (χ0) is 16.2. The van der Waals surface area contributed by atoms with Gasteiger partial charge in [-0.05, 0) is 42.2 Å². The monoisotopic (exact) mass is 312 g/mol. The van der Waals surface area contributed by atoms with Crippen LogP contribution >= 0.6 is 0 Å². The first-order valence-corrected chi connectivity index (χ1v) is 8.32. The van der Waals surface area contributed by atoms with Gasteiger partial charge < -0.3 is 5.32 Å². The number of aromatic nitrogens is 3. The molecule has 1 amide bonds. The molecule has 3 rings (SSSR count). The SMILES string of the molecule is CC(C)Cc1ccc([C@H](NC(=O)Cn2cncn2)C2CC2)cc1. The number of nitrogens with zero attached hydrogens (tertiary/aromatic N) is 3. The van der Waals surface area contributed by atoms with Gasteiger partial charge in [0, 0.05) is 0 Å². The van der Waals surface area contributed by atoms with Crippen LogP contribution in [0.15, 0.2) is 36.9 Å². The number of hydrogen-bond donors (Lipinski definition) is 1. The Hall–Kier alpha value is -2.17. The minimum Gasteiger partial charge on any atom is -0.347 e. The fourth-order valence-electron chi connectivity index (χ4n) is 2.92. The number of benzene rings is 1. The molecule has 5 nitrogen and oxygen atoms in total. The van der Waals surface area contributed by atoms with E-state index >= 15 is 0 Å². The van der Waals surface area contributed by atoms with E-state index in [0.717, 1.165) is 6.42 Å². The summed E-state index contributed by atoms with van der Waals surface area (Å²) in [5, 5.41) is 7.15. The third-order valence-corrected chi connectivity index (χ3v) is 4.16. The number of rotatable bonds is 7. The normalized spacial score (nSPS) is 15.6. The summed E-state index contributed by atoms with van der Waals surface area (Å²) in [5.74, 6) is 1.20. The lowest BCUT2D eigenvalue weighted by Gasteiger charge is -2.19. The van der Waals surface area contributed by atoms with Crippen LogP contribution in [-0.2, 0) is 17.8 Å². The standard InChI is InChI=1S/C18H24N4O/c1-13(2)9-14-3-5-15(6-4-14)18(16-7-8-16)21-17(23)10-22-12-19-11-20-22/h3-6,11-13,16,18H,7-10H2,1-2H3,(H,21,23)/t18-/m0/s1. The predicted octanol–water partition coefficient (Wildman–Crippen LogP) is 2.74. The highest BCUT2D eigenvalue weighted by molar-refractivity contribution is 5.76. The molecule has 122 valence electrons. The first kappa shape index (κ1) is 15.7. The predicted molar refractivity (Wildman–Crippen MR) is 88.6 cm³/mol. The summed E-state index contributed by atoms with van der Waals surface area (Å²) < 4.78 is 1.55. The zero-order valence-electron chi connectivity index (χ0n) is 13.8. The largest absolute Gasteiger partial charge is 0.347 e. The van der Waals surface area contributed by atoms with Crippen molar-refractivity contribution in [2.45, 2.75) is 45.7 Å². The van der Waals surface area contributed by atoms with Crippen LogP contribution in [0, 0.1) is 11.8 Å². The molecule has 1 atom stereocenters. The minimum absolute atomic E-state index is 0.0151. The van der Waals surface area contributed by atoms with Gasteiger partial charge in [-0.3, -0.25) is 4.79 Å². The number of nitrogens with one attached hydrogen (secondary N) is 1. The number of hydrogen-bond acceptors (Lipinski definition) is 3. The lowest BCUT2D eigenvalue weighted by atomic mass is 9.97. The smallest absolute Gasteiger partial charge is 0.242 e. The summed E-state index contributed by atoms with van der Waals surface area (Å²) in [4.78, 5) is 16.1. The van der Waals surface area contributed by atoms with E-state index in [0.29, 0.717) is 11.8 Å². The maximum atomic E-state index is 12.2. The maximum Gasteiger partial charge on any atom is 0.242 e. The van der Waals surface area contributed by atoms with Crippen LogP contribution in [0.4, 0.5) is 0 Å². The van der Waals surface area contributed by atoms with Crippen LogP contribution in [0.5, 0.6) is 0 Å². The van der Waals surface area contributed by atoms with Crippen molar-refractivity contribution < 1.29 is 4.79 Å². The van der Waals surface area contributed by atoms with Crippen molar-refractivity contribution >= 4 is 5.91 Å². The molecule has 1 aromatic heterocycles. The van der Waals surface area contributed by atoms with Crippen molar-refractivity contribution in [1.82, 2.24) is 20.1 Å². The Balaban J connectivity index is 1.65. The third kappa shape index (κ3) is 4.41. The molecule has 5 heteroatoms. The Bertz CT molecular complexity index is 630. The Morgan fingerprint density at radius 2 is 2.04 bits per heavy atom. The van der Waals surface area contributed by atoms with Crippen molar-refractivity contribution in [3.8, 4) is 0 Å². The maximum absolute atomic E-state index is 12.2. The van der Waals surface area contributed by atoms with Gasteiger partial charge in [-0.1, -0.05) is 38.1 Å². The second kappa shape index (κ2) is 6.94. The lowest BCUT2D eigenvalue weighted by Crippen LogP contribution is -2.32. The molecule has 2 aromatic rings. The Labute approximate surface area is 137 Å². The highest BCUT2D eigenvalue weighted by Crippen LogP contribution is 2.41. The van der Waals surface area contributed by atoms with Gasteiger partial charge in [0.2, 0.25) is 5.91 Å². The van der Waals surface area contributed by atoms with E-state index in [1.54, 1.807) is 11.0 Å². The molecule has 1 heterocycles. The summed E-state index contributed by atoms with van der Waals surface area (Å²) in [6.45, 7) is 4.67. The molecule has 0 saturated heterocycles. The van der Waals surface area contributed by atoms with Crippen LogP contribution in [-0.4, -0.2) is 20.7 Å². The first-order chi connectivity index (χ1) is 11.1. The molecule has 0 unspecified atom stereocenters. The average Bonchev–Trinajstić information content (AvgIpc) is 3.23. The van der Waals surface area contributed by atoms with Crippen molar-refractivity contribution in [3.63, 3.8) is 0 Å². The van der Waals surface area contributed by atoms with E-state index < -0.39 is 0 Å². The number of carbonyl (C=O) groups is 1. The molecule has 0 aliphatic heterocycles. The highest BCUT2D eigenvalue weighted by Gasteiger charge is 2.33.